The molecule has 0 aromatic heterocycles. The van der Waals surface area contributed by atoms with Crippen molar-refractivity contribution in [3.05, 3.63) is 11.1 Å². The van der Waals surface area contributed by atoms with E-state index in [1.165, 1.54) is 0 Å². The van der Waals surface area contributed by atoms with Crippen molar-refractivity contribution < 1.29 is 14.7 Å². The smallest absolute Gasteiger partial charge is 0.326 e. The van der Waals surface area contributed by atoms with E-state index in [4.69, 9.17) is 5.11 Å². The van der Waals surface area contributed by atoms with E-state index in [-0.39, 0.29) is 12.5 Å². The summed E-state index contributed by atoms with van der Waals surface area (Å²) in [6.07, 6.45) is 0.683. The minimum atomic E-state index is -1.03. The van der Waals surface area contributed by atoms with Crippen LogP contribution in [0.3, 0.4) is 0 Å². The first-order chi connectivity index (χ1) is 7.38. The van der Waals surface area contributed by atoms with Crippen LogP contribution in [0.5, 0.6) is 0 Å². The Morgan fingerprint density at radius 3 is 2.44 bits per heavy atom. The van der Waals surface area contributed by atoms with E-state index in [1.54, 1.807) is 6.92 Å². The quantitative estimate of drug-likeness (QED) is 0.697. The van der Waals surface area contributed by atoms with E-state index >= 15 is 0 Å². The molecule has 0 aromatic rings. The lowest BCUT2D eigenvalue weighted by atomic mass is 9.99. The van der Waals surface area contributed by atoms with Crippen LogP contribution in [0, 0.1) is 5.92 Å². The highest BCUT2D eigenvalue weighted by atomic mass is 79.9. The highest BCUT2D eigenvalue weighted by molar-refractivity contribution is 9.11. The van der Waals surface area contributed by atoms with Gasteiger partial charge in [0.25, 0.3) is 0 Å². The number of halogens is 1. The standard InChI is InChI=1S/C10H17BrN2O3/c1-4-6(2)8(9(14)15)13-10(16)12-5-7(3)11/h6,8H,3-5H2,1-2H3,(H,14,15)(H2,12,13,16). The van der Waals surface area contributed by atoms with Gasteiger partial charge < -0.3 is 15.7 Å². The minimum absolute atomic E-state index is 0.115. The van der Waals surface area contributed by atoms with Crippen molar-refractivity contribution in [1.82, 2.24) is 10.6 Å². The summed E-state index contributed by atoms with van der Waals surface area (Å²) in [5, 5.41) is 13.8. The van der Waals surface area contributed by atoms with Gasteiger partial charge in [0.1, 0.15) is 6.04 Å². The second-order valence-electron chi connectivity index (χ2n) is 3.55. The average Bonchev–Trinajstić information content (AvgIpc) is 2.21. The van der Waals surface area contributed by atoms with E-state index in [9.17, 15) is 9.59 Å². The summed E-state index contributed by atoms with van der Waals surface area (Å²) in [7, 11) is 0. The molecule has 2 atom stereocenters. The van der Waals surface area contributed by atoms with Crippen LogP contribution < -0.4 is 10.6 Å². The lowest BCUT2D eigenvalue weighted by molar-refractivity contribution is -0.140. The molecule has 0 heterocycles. The lowest BCUT2D eigenvalue weighted by Gasteiger charge is -2.20. The van der Waals surface area contributed by atoms with Gasteiger partial charge in [-0.3, -0.25) is 0 Å². The molecule has 0 aliphatic heterocycles. The van der Waals surface area contributed by atoms with Crippen molar-refractivity contribution in [3.63, 3.8) is 0 Å². The van der Waals surface area contributed by atoms with Crippen LogP contribution in [0.1, 0.15) is 20.3 Å². The van der Waals surface area contributed by atoms with Crippen LogP contribution in [0.25, 0.3) is 0 Å². The highest BCUT2D eigenvalue weighted by Crippen LogP contribution is 2.07. The first-order valence-corrected chi connectivity index (χ1v) is 5.78. The molecule has 3 N–H and O–H groups in total. The summed E-state index contributed by atoms with van der Waals surface area (Å²) < 4.78 is 0.623. The Morgan fingerprint density at radius 2 is 2.06 bits per heavy atom. The molecule has 6 heteroatoms. The fourth-order valence-corrected chi connectivity index (χ4v) is 1.19. The number of hydrogen-bond donors (Lipinski definition) is 3. The predicted molar refractivity (Wildman–Crippen MR) is 65.5 cm³/mol. The molecule has 2 unspecified atom stereocenters. The normalized spacial score (nSPS) is 13.7. The SMILES string of the molecule is C=C(Br)CNC(=O)NC(C(=O)O)C(C)CC. The maximum absolute atomic E-state index is 11.3. The van der Waals surface area contributed by atoms with Gasteiger partial charge in [-0.05, 0) is 5.92 Å². The Balaban J connectivity index is 4.24. The molecular formula is C10H17BrN2O3. The fourth-order valence-electron chi connectivity index (χ4n) is 1.05. The van der Waals surface area contributed by atoms with Gasteiger partial charge in [0.2, 0.25) is 0 Å². The molecule has 0 aromatic carbocycles. The third-order valence-corrected chi connectivity index (χ3v) is 2.49. The van der Waals surface area contributed by atoms with Crippen molar-refractivity contribution in [1.29, 1.82) is 0 Å². The number of urea groups is 1. The fraction of sp³-hybridized carbons (Fsp3) is 0.600. The molecular weight excluding hydrogens is 276 g/mol. The van der Waals surface area contributed by atoms with Crippen LogP contribution in [-0.2, 0) is 4.79 Å². The van der Waals surface area contributed by atoms with Gasteiger partial charge in [0, 0.05) is 4.48 Å². The molecule has 2 amide bonds. The summed E-state index contributed by atoms with van der Waals surface area (Å²) in [6.45, 7) is 7.47. The third kappa shape index (κ3) is 5.75. The van der Waals surface area contributed by atoms with Gasteiger partial charge in [-0.25, -0.2) is 9.59 Å². The van der Waals surface area contributed by atoms with Crippen LogP contribution in [0.2, 0.25) is 0 Å². The number of rotatable bonds is 6. The van der Waals surface area contributed by atoms with Crippen molar-refractivity contribution in [2.24, 2.45) is 5.92 Å². The first-order valence-electron chi connectivity index (χ1n) is 4.98. The zero-order valence-corrected chi connectivity index (χ0v) is 11.0. The molecule has 0 spiro atoms. The monoisotopic (exact) mass is 292 g/mol. The van der Waals surface area contributed by atoms with E-state index < -0.39 is 18.0 Å². The second-order valence-corrected chi connectivity index (χ2v) is 4.67. The van der Waals surface area contributed by atoms with Gasteiger partial charge in [0.15, 0.2) is 0 Å². The van der Waals surface area contributed by atoms with E-state index in [2.05, 4.69) is 33.1 Å². The summed E-state index contributed by atoms with van der Waals surface area (Å²) in [5.74, 6) is -1.14. The second kappa shape index (κ2) is 7.27. The molecule has 5 nitrogen and oxygen atoms in total. The van der Waals surface area contributed by atoms with Crippen molar-refractivity contribution in [2.75, 3.05) is 6.54 Å². The number of carboxylic acids is 1. The van der Waals surface area contributed by atoms with E-state index in [0.29, 0.717) is 10.9 Å². The largest absolute Gasteiger partial charge is 0.480 e. The first kappa shape index (κ1) is 15.0. The zero-order valence-electron chi connectivity index (χ0n) is 9.42. The number of carbonyl (C=O) groups is 2. The molecule has 0 bridgehead atoms. The number of nitrogens with one attached hydrogen (secondary N) is 2. The molecule has 0 saturated carbocycles. The molecule has 0 radical (unpaired) electrons. The number of hydrogen-bond acceptors (Lipinski definition) is 2. The molecule has 16 heavy (non-hydrogen) atoms. The minimum Gasteiger partial charge on any atom is -0.480 e. The third-order valence-electron chi connectivity index (χ3n) is 2.21. The Labute approximate surface area is 103 Å². The maximum Gasteiger partial charge on any atom is 0.326 e. The van der Waals surface area contributed by atoms with Gasteiger partial charge in [0.05, 0.1) is 6.54 Å². The maximum atomic E-state index is 11.3. The number of aliphatic carboxylic acids is 1. The van der Waals surface area contributed by atoms with Crippen molar-refractivity contribution in [3.8, 4) is 0 Å². The topological polar surface area (TPSA) is 78.4 Å². The van der Waals surface area contributed by atoms with Crippen LogP contribution in [0.4, 0.5) is 4.79 Å². The Morgan fingerprint density at radius 1 is 1.50 bits per heavy atom. The van der Waals surface area contributed by atoms with Crippen molar-refractivity contribution in [2.45, 2.75) is 26.3 Å². The van der Waals surface area contributed by atoms with Gasteiger partial charge >= 0.3 is 12.0 Å². The average molecular weight is 293 g/mol. The van der Waals surface area contributed by atoms with Gasteiger partial charge in [-0.1, -0.05) is 42.8 Å². The predicted octanol–water partition coefficient (Wildman–Crippen LogP) is 1.69. The lowest BCUT2D eigenvalue weighted by Crippen LogP contribution is -2.49. The van der Waals surface area contributed by atoms with E-state index in [1.807, 2.05) is 6.92 Å². The summed E-state index contributed by atoms with van der Waals surface area (Å²) >= 11 is 3.09. The summed E-state index contributed by atoms with van der Waals surface area (Å²) in [6, 6.07) is -1.37. The Kier molecular flexibility index (Phi) is 6.80. The van der Waals surface area contributed by atoms with Gasteiger partial charge in [-0.2, -0.15) is 0 Å². The molecule has 0 rings (SSSR count). The van der Waals surface area contributed by atoms with E-state index in [0.717, 1.165) is 0 Å². The Hall–Kier alpha value is -1.04. The molecule has 0 aliphatic rings. The van der Waals surface area contributed by atoms with Crippen LogP contribution in [0.15, 0.2) is 11.1 Å². The number of carbonyl (C=O) groups excluding carboxylic acids is 1. The Bertz CT molecular complexity index is 281. The van der Waals surface area contributed by atoms with Crippen LogP contribution >= 0.6 is 15.9 Å². The van der Waals surface area contributed by atoms with Gasteiger partial charge in [-0.15, -0.1) is 0 Å². The molecule has 0 saturated heterocycles. The molecule has 92 valence electrons. The number of amides is 2. The van der Waals surface area contributed by atoms with Crippen molar-refractivity contribution >= 4 is 27.9 Å². The number of carboxylic acid groups (broad SMARTS) is 1. The molecule has 0 fully saturated rings. The summed E-state index contributed by atoms with van der Waals surface area (Å²) in [4.78, 5) is 22.2. The van der Waals surface area contributed by atoms with Crippen LogP contribution in [-0.4, -0.2) is 29.7 Å². The molecule has 0 aliphatic carbocycles. The summed E-state index contributed by atoms with van der Waals surface area (Å²) in [5.41, 5.74) is 0. The highest BCUT2D eigenvalue weighted by Gasteiger charge is 2.24. The zero-order chi connectivity index (χ0) is 12.7.